The SMILES string of the molecule is COc1ccccc1Oc1ccc(NC(=O)C2C=CCN2)cc1.Cl. The van der Waals surface area contributed by atoms with E-state index in [0.717, 1.165) is 12.2 Å². The zero-order chi connectivity index (χ0) is 16.1. The van der Waals surface area contributed by atoms with Crippen molar-refractivity contribution < 1.29 is 14.3 Å². The number of halogens is 1. The molecule has 1 atom stereocenters. The van der Waals surface area contributed by atoms with Crippen LogP contribution in [0.4, 0.5) is 5.69 Å². The van der Waals surface area contributed by atoms with Crippen molar-refractivity contribution >= 4 is 24.0 Å². The lowest BCUT2D eigenvalue weighted by Crippen LogP contribution is -2.35. The summed E-state index contributed by atoms with van der Waals surface area (Å²) in [6, 6.07) is 14.4. The summed E-state index contributed by atoms with van der Waals surface area (Å²) in [7, 11) is 1.60. The molecule has 0 spiro atoms. The van der Waals surface area contributed by atoms with Crippen LogP contribution in [0.1, 0.15) is 0 Å². The molecule has 0 radical (unpaired) electrons. The minimum atomic E-state index is -0.264. The summed E-state index contributed by atoms with van der Waals surface area (Å²) in [4.78, 5) is 12.0. The van der Waals surface area contributed by atoms with Gasteiger partial charge in [-0.25, -0.2) is 0 Å². The van der Waals surface area contributed by atoms with Gasteiger partial charge < -0.3 is 14.8 Å². The van der Waals surface area contributed by atoms with Gasteiger partial charge in [-0.1, -0.05) is 24.3 Å². The number of rotatable bonds is 5. The van der Waals surface area contributed by atoms with Crippen LogP contribution in [0.5, 0.6) is 17.2 Å². The van der Waals surface area contributed by atoms with Gasteiger partial charge >= 0.3 is 0 Å². The van der Waals surface area contributed by atoms with Crippen LogP contribution in [-0.2, 0) is 4.79 Å². The van der Waals surface area contributed by atoms with Gasteiger partial charge in [-0.3, -0.25) is 10.1 Å². The topological polar surface area (TPSA) is 59.6 Å². The van der Waals surface area contributed by atoms with Crippen molar-refractivity contribution in [2.75, 3.05) is 19.0 Å². The molecule has 1 aliphatic rings. The van der Waals surface area contributed by atoms with Crippen LogP contribution in [0.25, 0.3) is 0 Å². The molecule has 1 amide bonds. The molecule has 2 aromatic carbocycles. The second kappa shape index (κ2) is 8.38. The van der Waals surface area contributed by atoms with Gasteiger partial charge in [0.25, 0.3) is 0 Å². The summed E-state index contributed by atoms with van der Waals surface area (Å²) in [6.45, 7) is 0.726. The quantitative estimate of drug-likeness (QED) is 0.815. The second-order valence-corrected chi connectivity index (χ2v) is 5.08. The summed E-state index contributed by atoms with van der Waals surface area (Å²) < 4.78 is 11.1. The predicted octanol–water partition coefficient (Wildman–Crippen LogP) is 3.38. The second-order valence-electron chi connectivity index (χ2n) is 5.08. The highest BCUT2D eigenvalue weighted by atomic mass is 35.5. The molecule has 1 unspecified atom stereocenters. The number of nitrogens with one attached hydrogen (secondary N) is 2. The Bertz CT molecular complexity index is 716. The minimum absolute atomic E-state index is 0. The predicted molar refractivity (Wildman–Crippen MR) is 96.3 cm³/mol. The summed E-state index contributed by atoms with van der Waals surface area (Å²) in [5, 5.41) is 5.94. The van der Waals surface area contributed by atoms with Gasteiger partial charge in [0.2, 0.25) is 5.91 Å². The van der Waals surface area contributed by atoms with Crippen LogP contribution >= 0.6 is 12.4 Å². The van der Waals surface area contributed by atoms with Crippen molar-refractivity contribution in [3.05, 3.63) is 60.7 Å². The number of hydrogen-bond donors (Lipinski definition) is 2. The van der Waals surface area contributed by atoms with E-state index in [1.807, 2.05) is 36.4 Å². The van der Waals surface area contributed by atoms with Gasteiger partial charge in [0.05, 0.1) is 7.11 Å². The van der Waals surface area contributed by atoms with E-state index in [0.29, 0.717) is 17.2 Å². The normalized spacial score (nSPS) is 15.5. The van der Waals surface area contributed by atoms with E-state index in [-0.39, 0.29) is 24.4 Å². The van der Waals surface area contributed by atoms with E-state index >= 15 is 0 Å². The first-order valence-electron chi connectivity index (χ1n) is 7.38. The minimum Gasteiger partial charge on any atom is -0.493 e. The van der Waals surface area contributed by atoms with E-state index in [9.17, 15) is 4.79 Å². The molecule has 1 heterocycles. The van der Waals surface area contributed by atoms with Gasteiger partial charge in [-0.05, 0) is 36.4 Å². The molecule has 0 saturated heterocycles. The fourth-order valence-corrected chi connectivity index (χ4v) is 2.30. The molecule has 0 saturated carbocycles. The third-order valence-electron chi connectivity index (χ3n) is 3.49. The maximum atomic E-state index is 12.0. The Morgan fingerprint density at radius 2 is 1.83 bits per heavy atom. The standard InChI is InChI=1S/C18H18N2O3.ClH/c1-22-16-6-2-3-7-17(16)23-14-10-8-13(9-11-14)20-18(21)15-5-4-12-19-15;/h2-11,15,19H,12H2,1H3,(H,20,21);1H. The Morgan fingerprint density at radius 1 is 1.12 bits per heavy atom. The van der Waals surface area contributed by atoms with Gasteiger partial charge in [-0.15, -0.1) is 12.4 Å². The number of anilines is 1. The lowest BCUT2D eigenvalue weighted by Gasteiger charge is -2.12. The smallest absolute Gasteiger partial charge is 0.245 e. The lowest BCUT2D eigenvalue weighted by molar-refractivity contribution is -0.116. The molecule has 126 valence electrons. The zero-order valence-corrected chi connectivity index (χ0v) is 14.0. The summed E-state index contributed by atoms with van der Waals surface area (Å²) in [5.41, 5.74) is 0.726. The van der Waals surface area contributed by atoms with Crippen molar-refractivity contribution in [2.45, 2.75) is 6.04 Å². The number of benzene rings is 2. The Kier molecular flexibility index (Phi) is 6.23. The largest absolute Gasteiger partial charge is 0.493 e. The van der Waals surface area contributed by atoms with Crippen LogP contribution in [0.3, 0.4) is 0 Å². The number of amides is 1. The van der Waals surface area contributed by atoms with Gasteiger partial charge in [-0.2, -0.15) is 0 Å². The molecular formula is C18H19ClN2O3. The zero-order valence-electron chi connectivity index (χ0n) is 13.2. The molecule has 6 heteroatoms. The maximum Gasteiger partial charge on any atom is 0.245 e. The number of carbonyl (C=O) groups is 1. The molecule has 2 aromatic rings. The summed E-state index contributed by atoms with van der Waals surface area (Å²) >= 11 is 0. The first-order valence-corrected chi connectivity index (χ1v) is 7.38. The molecule has 1 aliphatic heterocycles. The van der Waals surface area contributed by atoms with Crippen LogP contribution in [-0.4, -0.2) is 25.6 Å². The molecule has 0 fully saturated rings. The van der Waals surface area contributed by atoms with Crippen molar-refractivity contribution in [1.82, 2.24) is 5.32 Å². The van der Waals surface area contributed by atoms with E-state index in [1.54, 1.807) is 31.4 Å². The first-order chi connectivity index (χ1) is 11.3. The fraction of sp³-hybridized carbons (Fsp3) is 0.167. The molecule has 2 N–H and O–H groups in total. The highest BCUT2D eigenvalue weighted by Gasteiger charge is 2.17. The Balaban J connectivity index is 0.00000208. The highest BCUT2D eigenvalue weighted by molar-refractivity contribution is 5.96. The van der Waals surface area contributed by atoms with Crippen LogP contribution in [0.2, 0.25) is 0 Å². The van der Waals surface area contributed by atoms with Crippen molar-refractivity contribution in [3.8, 4) is 17.2 Å². The van der Waals surface area contributed by atoms with E-state index in [1.165, 1.54) is 0 Å². The monoisotopic (exact) mass is 346 g/mol. The van der Waals surface area contributed by atoms with E-state index in [2.05, 4.69) is 10.6 Å². The average Bonchev–Trinajstić information content (AvgIpc) is 3.12. The van der Waals surface area contributed by atoms with Crippen LogP contribution in [0, 0.1) is 0 Å². The number of para-hydroxylation sites is 2. The third kappa shape index (κ3) is 4.28. The molecule has 3 rings (SSSR count). The van der Waals surface area contributed by atoms with Gasteiger partial charge in [0, 0.05) is 12.2 Å². The van der Waals surface area contributed by atoms with Gasteiger partial charge in [0.15, 0.2) is 11.5 Å². The van der Waals surface area contributed by atoms with Gasteiger partial charge in [0.1, 0.15) is 11.8 Å². The highest BCUT2D eigenvalue weighted by Crippen LogP contribution is 2.31. The Labute approximate surface area is 147 Å². The van der Waals surface area contributed by atoms with Crippen LogP contribution < -0.4 is 20.1 Å². The van der Waals surface area contributed by atoms with E-state index < -0.39 is 0 Å². The van der Waals surface area contributed by atoms with Crippen LogP contribution in [0.15, 0.2) is 60.7 Å². The number of ether oxygens (including phenoxy) is 2. The third-order valence-corrected chi connectivity index (χ3v) is 3.49. The number of methoxy groups -OCH3 is 1. The Hall–Kier alpha value is -2.50. The molecule has 24 heavy (non-hydrogen) atoms. The van der Waals surface area contributed by atoms with Crippen molar-refractivity contribution in [2.24, 2.45) is 0 Å². The summed E-state index contributed by atoms with van der Waals surface area (Å²) in [5.74, 6) is 1.92. The molecular weight excluding hydrogens is 328 g/mol. The van der Waals surface area contributed by atoms with E-state index in [4.69, 9.17) is 9.47 Å². The average molecular weight is 347 g/mol. The number of hydrogen-bond acceptors (Lipinski definition) is 4. The molecule has 0 aromatic heterocycles. The maximum absolute atomic E-state index is 12.0. The molecule has 5 nitrogen and oxygen atoms in total. The fourth-order valence-electron chi connectivity index (χ4n) is 2.30. The number of carbonyl (C=O) groups excluding carboxylic acids is 1. The summed E-state index contributed by atoms with van der Waals surface area (Å²) in [6.07, 6.45) is 3.79. The van der Waals surface area contributed by atoms with Crippen molar-refractivity contribution in [3.63, 3.8) is 0 Å². The molecule has 0 aliphatic carbocycles. The molecule has 0 bridgehead atoms. The Morgan fingerprint density at radius 3 is 2.46 bits per heavy atom. The lowest BCUT2D eigenvalue weighted by atomic mass is 10.2. The first kappa shape index (κ1) is 17.8. The van der Waals surface area contributed by atoms with Crippen molar-refractivity contribution in [1.29, 1.82) is 0 Å².